The number of carboxylic acid groups (broad SMARTS) is 1. The molecule has 18 heteroatoms. The number of hydrogen-bond donors (Lipinski definition) is 12. The number of rotatable bonds is 3. The molecule has 3 rings (SSSR count). The third-order valence-corrected chi connectivity index (χ3v) is 12.0. The van der Waals surface area contributed by atoms with E-state index < -0.39 is 147 Å². The highest BCUT2D eigenvalue weighted by Gasteiger charge is 2.51. The maximum Gasteiger partial charge on any atom is 0.311 e. The molecule has 2 fully saturated rings. The summed E-state index contributed by atoms with van der Waals surface area (Å²) in [5.74, 6) is -6.83. The average molecular weight is 924 g/mol. The van der Waals surface area contributed by atoms with Crippen LogP contribution < -0.4 is 5.73 Å². The Balaban J connectivity index is 1.86. The summed E-state index contributed by atoms with van der Waals surface area (Å²) in [5, 5.41) is 118. The van der Waals surface area contributed by atoms with E-state index in [0.717, 1.165) is 0 Å². The van der Waals surface area contributed by atoms with Gasteiger partial charge in [-0.1, -0.05) is 98.9 Å². The third-order valence-electron chi connectivity index (χ3n) is 12.0. The lowest BCUT2D eigenvalue weighted by Crippen LogP contribution is -2.61. The van der Waals surface area contributed by atoms with E-state index in [9.17, 15) is 65.8 Å². The summed E-state index contributed by atoms with van der Waals surface area (Å²) in [5.41, 5.74) is 6.02. The summed E-state index contributed by atoms with van der Waals surface area (Å²) in [6, 6.07) is -1.15. The van der Waals surface area contributed by atoms with Gasteiger partial charge in [0.15, 0.2) is 12.1 Å². The van der Waals surface area contributed by atoms with Crippen molar-refractivity contribution in [2.24, 2.45) is 23.5 Å². The average Bonchev–Trinajstić information content (AvgIpc) is 3.21. The molecular weight excluding hydrogens is 851 g/mol. The van der Waals surface area contributed by atoms with Gasteiger partial charge >= 0.3 is 11.9 Å². The van der Waals surface area contributed by atoms with Crippen LogP contribution in [0.2, 0.25) is 0 Å². The van der Waals surface area contributed by atoms with E-state index in [1.807, 2.05) is 19.1 Å². The van der Waals surface area contributed by atoms with Gasteiger partial charge in [0.2, 0.25) is 0 Å². The first-order valence-electron chi connectivity index (χ1n) is 22.3. The highest BCUT2D eigenvalue weighted by atomic mass is 16.7. The predicted molar refractivity (Wildman–Crippen MR) is 237 cm³/mol. The van der Waals surface area contributed by atoms with Gasteiger partial charge < -0.3 is 80.9 Å². The first-order chi connectivity index (χ1) is 30.6. The van der Waals surface area contributed by atoms with Gasteiger partial charge in [0.05, 0.1) is 79.6 Å². The first-order valence-corrected chi connectivity index (χ1v) is 22.3. The maximum absolute atomic E-state index is 12.6. The van der Waals surface area contributed by atoms with E-state index in [4.69, 9.17) is 24.7 Å². The fourth-order valence-corrected chi connectivity index (χ4v) is 7.97. The van der Waals surface area contributed by atoms with Gasteiger partial charge in [-0.2, -0.15) is 0 Å². The molecule has 18 nitrogen and oxygen atoms in total. The van der Waals surface area contributed by atoms with Crippen molar-refractivity contribution in [1.29, 1.82) is 0 Å². The SMILES string of the molecule is CC1OC(O[C@H]2/C=C/C=C/C=C/C=C/C=C/C=C/C=C/[C@H](C)[C@@H](O)[C@@H](C)[C@H](C)OC(=O)C[C@H](O)C[C@H](O)CC[C@@H](O)[C@H](O)C[C@H](O)C[C@]3(O)C[C@H](O)C(C(=O)O)[C@H](C2)O3)C(O)C(N)C1O. The number of esters is 1. The Hall–Kier alpha value is -3.44. The minimum Gasteiger partial charge on any atom is -0.481 e. The number of aliphatic hydroxyl groups excluding tert-OH is 9. The van der Waals surface area contributed by atoms with E-state index in [1.54, 1.807) is 80.7 Å². The molecule has 0 spiro atoms. The molecule has 3 aliphatic heterocycles. The monoisotopic (exact) mass is 923 g/mol. The van der Waals surface area contributed by atoms with Gasteiger partial charge in [0, 0.05) is 37.5 Å². The van der Waals surface area contributed by atoms with Crippen LogP contribution in [0.15, 0.2) is 85.1 Å². The molecule has 0 aliphatic carbocycles. The number of allylic oxidation sites excluding steroid dienone is 12. The Morgan fingerprint density at radius 1 is 0.662 bits per heavy atom. The van der Waals surface area contributed by atoms with Crippen LogP contribution in [0.1, 0.15) is 79.1 Å². The van der Waals surface area contributed by atoms with Crippen LogP contribution in [-0.4, -0.2) is 166 Å². The van der Waals surface area contributed by atoms with E-state index >= 15 is 0 Å². The van der Waals surface area contributed by atoms with Gasteiger partial charge in [0.25, 0.3) is 0 Å². The molecule has 65 heavy (non-hydrogen) atoms. The van der Waals surface area contributed by atoms with Crippen LogP contribution >= 0.6 is 0 Å². The van der Waals surface area contributed by atoms with Crippen molar-refractivity contribution in [3.05, 3.63) is 85.1 Å². The summed E-state index contributed by atoms with van der Waals surface area (Å²) in [7, 11) is 0. The molecule has 0 amide bonds. The van der Waals surface area contributed by atoms with Crippen molar-refractivity contribution in [2.45, 2.75) is 177 Å². The van der Waals surface area contributed by atoms with E-state index in [-0.39, 0.29) is 31.6 Å². The molecule has 13 N–H and O–H groups in total. The summed E-state index contributed by atoms with van der Waals surface area (Å²) >= 11 is 0. The Bertz CT molecular complexity index is 1670. The van der Waals surface area contributed by atoms with Crippen molar-refractivity contribution < 1.29 is 84.7 Å². The first kappa shape index (κ1) is 55.9. The Labute approximate surface area is 381 Å². The predicted octanol–water partition coefficient (Wildman–Crippen LogP) is 0.712. The largest absolute Gasteiger partial charge is 0.481 e. The number of nitrogens with two attached hydrogens (primary N) is 1. The van der Waals surface area contributed by atoms with Crippen LogP contribution in [0, 0.1) is 17.8 Å². The van der Waals surface area contributed by atoms with Crippen LogP contribution in [0.5, 0.6) is 0 Å². The Morgan fingerprint density at radius 2 is 1.23 bits per heavy atom. The number of carbonyl (C=O) groups is 2. The second-order valence-corrected chi connectivity index (χ2v) is 17.6. The van der Waals surface area contributed by atoms with Crippen molar-refractivity contribution in [3.8, 4) is 0 Å². The smallest absolute Gasteiger partial charge is 0.311 e. The fraction of sp³-hybridized carbons (Fsp3) is 0.660. The number of aliphatic carboxylic acids is 1. The fourth-order valence-electron chi connectivity index (χ4n) is 7.97. The highest BCUT2D eigenvalue weighted by Crippen LogP contribution is 2.38. The quantitative estimate of drug-likeness (QED) is 0.174. The number of hydrogen-bond acceptors (Lipinski definition) is 17. The van der Waals surface area contributed by atoms with Gasteiger partial charge in [-0.15, -0.1) is 0 Å². The lowest BCUT2D eigenvalue weighted by atomic mass is 9.82. The zero-order chi connectivity index (χ0) is 48.4. The topological polar surface area (TPSA) is 320 Å². The maximum atomic E-state index is 12.6. The molecular formula is C47H73NO17. The van der Waals surface area contributed by atoms with Crippen molar-refractivity contribution in [2.75, 3.05) is 0 Å². The van der Waals surface area contributed by atoms with E-state index in [1.165, 1.54) is 13.0 Å². The van der Waals surface area contributed by atoms with E-state index in [2.05, 4.69) is 0 Å². The van der Waals surface area contributed by atoms with Crippen LogP contribution in [-0.2, 0) is 28.5 Å². The molecule has 3 heterocycles. The van der Waals surface area contributed by atoms with Crippen LogP contribution in [0.25, 0.3) is 0 Å². The number of fused-ring (bicyclic) bond motifs is 2. The number of cyclic esters (lactones) is 1. The standard InChI is InChI=1S/C47H73NO17/c1-27-17-15-13-11-9-7-5-6-8-10-12-14-16-18-34(64-46-44(58)41(48)43(57)30(4)63-46)24-38-40(45(59)60)37(54)26-47(61,65-38)25-33(51)22-36(53)35(52)20-19-31(49)21-32(50)23-39(55)62-29(3)28(2)42(27)56/h5-18,27-38,40-44,46,49-54,56-58,61H,19-26,48H2,1-4H3,(H,59,60)/b6-5+,9-7+,10-8+,13-11+,14-12+,17-15+,18-16+/t27-,28-,29-,30?,31+,32+,33-,34-,35+,36+,37-,38-,40?,41?,42+,43?,44?,46?,47+/m0/s1. The van der Waals surface area contributed by atoms with Crippen molar-refractivity contribution in [1.82, 2.24) is 0 Å². The Morgan fingerprint density at radius 3 is 1.82 bits per heavy atom. The third kappa shape index (κ3) is 18.6. The summed E-state index contributed by atoms with van der Waals surface area (Å²) in [6.45, 7) is 6.74. The normalized spacial score (nSPS) is 45.5. The number of aliphatic hydroxyl groups is 10. The zero-order valence-electron chi connectivity index (χ0n) is 37.6. The second-order valence-electron chi connectivity index (χ2n) is 17.6. The molecule has 2 saturated heterocycles. The van der Waals surface area contributed by atoms with Crippen molar-refractivity contribution >= 4 is 11.9 Å². The van der Waals surface area contributed by atoms with Gasteiger partial charge in [-0.3, -0.25) is 9.59 Å². The van der Waals surface area contributed by atoms with Gasteiger partial charge in [0.1, 0.15) is 18.1 Å². The second kappa shape index (κ2) is 27.4. The minimum absolute atomic E-state index is 0.107. The van der Waals surface area contributed by atoms with Crippen molar-refractivity contribution in [3.63, 3.8) is 0 Å². The molecule has 2 bridgehead atoms. The zero-order valence-corrected chi connectivity index (χ0v) is 37.6. The number of carbonyl (C=O) groups excluding carboxylic acids is 1. The molecule has 0 aromatic rings. The lowest BCUT2D eigenvalue weighted by molar-refractivity contribution is -0.308. The number of carboxylic acids is 1. The molecule has 19 atom stereocenters. The highest BCUT2D eigenvalue weighted by molar-refractivity contribution is 5.71. The molecule has 0 aromatic carbocycles. The summed E-state index contributed by atoms with van der Waals surface area (Å²) < 4.78 is 23.1. The molecule has 0 saturated carbocycles. The molecule has 368 valence electrons. The minimum atomic E-state index is -2.33. The lowest BCUT2D eigenvalue weighted by Gasteiger charge is -2.45. The van der Waals surface area contributed by atoms with Crippen LogP contribution in [0.3, 0.4) is 0 Å². The summed E-state index contributed by atoms with van der Waals surface area (Å²) in [6.07, 6.45) is 3.46. The van der Waals surface area contributed by atoms with Gasteiger partial charge in [-0.05, 0) is 33.1 Å². The molecule has 6 unspecified atom stereocenters. The number of ether oxygens (including phenoxy) is 4. The molecule has 3 aliphatic rings. The molecule has 0 aromatic heterocycles. The Kier molecular flexibility index (Phi) is 23.6. The van der Waals surface area contributed by atoms with Crippen LogP contribution in [0.4, 0.5) is 0 Å². The van der Waals surface area contributed by atoms with Gasteiger partial charge in [-0.25, -0.2) is 0 Å². The summed E-state index contributed by atoms with van der Waals surface area (Å²) in [4.78, 5) is 25.1. The molecule has 0 radical (unpaired) electrons. The van der Waals surface area contributed by atoms with E-state index in [0.29, 0.717) is 0 Å².